The molecule has 29 heavy (non-hydrogen) atoms. The van der Waals surface area contributed by atoms with Gasteiger partial charge in [0.1, 0.15) is 0 Å². The summed E-state index contributed by atoms with van der Waals surface area (Å²) in [7, 11) is 0. The number of hydrogen-bond acceptors (Lipinski definition) is 4. The number of carbonyl (C=O) groups excluding carboxylic acids is 2. The van der Waals surface area contributed by atoms with Crippen molar-refractivity contribution in [1.29, 1.82) is 0 Å². The van der Waals surface area contributed by atoms with E-state index in [-0.39, 0.29) is 17.7 Å². The molecule has 1 atom stereocenters. The zero-order valence-corrected chi connectivity index (χ0v) is 18.0. The van der Waals surface area contributed by atoms with Crippen molar-refractivity contribution in [3.8, 4) is 11.5 Å². The molecular formula is C23H34N2O4. The second-order valence-corrected chi connectivity index (χ2v) is 8.00. The summed E-state index contributed by atoms with van der Waals surface area (Å²) in [4.78, 5) is 29.3. The molecule has 2 aliphatic rings. The van der Waals surface area contributed by atoms with Crippen molar-refractivity contribution in [3.63, 3.8) is 0 Å². The number of rotatable bonds is 11. The molecule has 1 aromatic carbocycles. The fraction of sp³-hybridized carbons (Fsp3) is 0.652. The Kier molecular flexibility index (Phi) is 7.40. The van der Waals surface area contributed by atoms with E-state index in [2.05, 4.69) is 13.8 Å². The first kappa shape index (κ1) is 21.5. The molecule has 0 spiro atoms. The van der Waals surface area contributed by atoms with E-state index < -0.39 is 0 Å². The lowest BCUT2D eigenvalue weighted by atomic mass is 10.1. The number of nitrogens with zero attached hydrogens (tertiary/aromatic N) is 2. The molecule has 0 radical (unpaired) electrons. The van der Waals surface area contributed by atoms with Gasteiger partial charge < -0.3 is 19.3 Å². The Morgan fingerprint density at radius 1 is 1.14 bits per heavy atom. The van der Waals surface area contributed by atoms with Crippen molar-refractivity contribution in [2.75, 3.05) is 26.3 Å². The molecule has 1 aliphatic carbocycles. The van der Waals surface area contributed by atoms with Crippen LogP contribution in [-0.2, 0) is 16.1 Å². The number of carbonyl (C=O) groups is 2. The number of amides is 2. The Morgan fingerprint density at radius 3 is 2.59 bits per heavy atom. The molecular weight excluding hydrogens is 368 g/mol. The Labute approximate surface area is 174 Å². The van der Waals surface area contributed by atoms with E-state index >= 15 is 0 Å². The van der Waals surface area contributed by atoms with Crippen molar-refractivity contribution in [3.05, 3.63) is 23.8 Å². The average Bonchev–Trinajstić information content (AvgIpc) is 3.48. The number of ether oxygens (including phenoxy) is 2. The van der Waals surface area contributed by atoms with E-state index in [1.54, 1.807) is 0 Å². The van der Waals surface area contributed by atoms with Crippen LogP contribution in [0.5, 0.6) is 11.5 Å². The summed E-state index contributed by atoms with van der Waals surface area (Å²) >= 11 is 0. The molecule has 0 bridgehead atoms. The summed E-state index contributed by atoms with van der Waals surface area (Å²) in [5, 5.41) is 0. The SMILES string of the molecule is CCCOc1ccc(CN(CCC)C(=O)[C@@H]2CC(=O)N(C3CC3)C2)cc1OCC. The summed E-state index contributed by atoms with van der Waals surface area (Å²) in [6, 6.07) is 6.28. The molecule has 6 nitrogen and oxygen atoms in total. The largest absolute Gasteiger partial charge is 0.490 e. The minimum Gasteiger partial charge on any atom is -0.490 e. The molecule has 1 heterocycles. The predicted molar refractivity (Wildman–Crippen MR) is 112 cm³/mol. The highest BCUT2D eigenvalue weighted by atomic mass is 16.5. The number of hydrogen-bond donors (Lipinski definition) is 0. The van der Waals surface area contributed by atoms with Crippen LogP contribution >= 0.6 is 0 Å². The molecule has 0 N–H and O–H groups in total. The smallest absolute Gasteiger partial charge is 0.228 e. The zero-order valence-electron chi connectivity index (χ0n) is 18.0. The van der Waals surface area contributed by atoms with Crippen LogP contribution in [-0.4, -0.2) is 54.0 Å². The van der Waals surface area contributed by atoms with Crippen molar-refractivity contribution in [1.82, 2.24) is 9.80 Å². The highest BCUT2D eigenvalue weighted by Crippen LogP contribution is 2.34. The van der Waals surface area contributed by atoms with Crippen LogP contribution in [0.15, 0.2) is 18.2 Å². The van der Waals surface area contributed by atoms with Crippen molar-refractivity contribution < 1.29 is 19.1 Å². The third-order valence-electron chi connectivity index (χ3n) is 5.44. The highest BCUT2D eigenvalue weighted by molar-refractivity contribution is 5.89. The van der Waals surface area contributed by atoms with Gasteiger partial charge in [-0.05, 0) is 50.3 Å². The fourth-order valence-corrected chi connectivity index (χ4v) is 3.90. The zero-order chi connectivity index (χ0) is 20.8. The number of likely N-dealkylation sites (tertiary alicyclic amines) is 1. The summed E-state index contributed by atoms with van der Waals surface area (Å²) in [6.07, 6.45) is 4.33. The van der Waals surface area contributed by atoms with E-state index in [9.17, 15) is 9.59 Å². The van der Waals surface area contributed by atoms with E-state index in [1.165, 1.54) is 0 Å². The lowest BCUT2D eigenvalue weighted by Crippen LogP contribution is -2.37. The number of benzene rings is 1. The Morgan fingerprint density at radius 2 is 1.93 bits per heavy atom. The fourth-order valence-electron chi connectivity index (χ4n) is 3.90. The van der Waals surface area contributed by atoms with E-state index in [0.29, 0.717) is 45.3 Å². The quantitative estimate of drug-likeness (QED) is 0.567. The topological polar surface area (TPSA) is 59.1 Å². The van der Waals surface area contributed by atoms with Crippen LogP contribution in [0, 0.1) is 5.92 Å². The van der Waals surface area contributed by atoms with Gasteiger partial charge in [-0.2, -0.15) is 0 Å². The van der Waals surface area contributed by atoms with Crippen LogP contribution in [0.4, 0.5) is 0 Å². The van der Waals surface area contributed by atoms with Gasteiger partial charge in [0.15, 0.2) is 11.5 Å². The van der Waals surface area contributed by atoms with Crippen molar-refractivity contribution >= 4 is 11.8 Å². The van der Waals surface area contributed by atoms with Gasteiger partial charge in [0.25, 0.3) is 0 Å². The van der Waals surface area contributed by atoms with Gasteiger partial charge >= 0.3 is 0 Å². The first-order valence-corrected chi connectivity index (χ1v) is 11.0. The summed E-state index contributed by atoms with van der Waals surface area (Å²) < 4.78 is 11.5. The van der Waals surface area contributed by atoms with Gasteiger partial charge in [0.05, 0.1) is 19.1 Å². The molecule has 6 heteroatoms. The van der Waals surface area contributed by atoms with Gasteiger partial charge in [-0.25, -0.2) is 0 Å². The van der Waals surface area contributed by atoms with E-state index in [0.717, 1.165) is 42.7 Å². The molecule has 0 aromatic heterocycles. The third kappa shape index (κ3) is 5.43. The lowest BCUT2D eigenvalue weighted by Gasteiger charge is -2.26. The predicted octanol–water partition coefficient (Wildman–Crippen LogP) is 3.62. The molecule has 2 amide bonds. The summed E-state index contributed by atoms with van der Waals surface area (Å²) in [5.74, 6) is 1.48. The monoisotopic (exact) mass is 402 g/mol. The van der Waals surface area contributed by atoms with Crippen LogP contribution in [0.3, 0.4) is 0 Å². The first-order chi connectivity index (χ1) is 14.1. The molecule has 160 valence electrons. The van der Waals surface area contributed by atoms with Crippen LogP contribution in [0.25, 0.3) is 0 Å². The van der Waals surface area contributed by atoms with Crippen molar-refractivity contribution in [2.24, 2.45) is 5.92 Å². The van der Waals surface area contributed by atoms with Gasteiger partial charge in [0.2, 0.25) is 11.8 Å². The molecule has 3 rings (SSSR count). The molecule has 1 aromatic rings. The van der Waals surface area contributed by atoms with Crippen LogP contribution < -0.4 is 9.47 Å². The molecule has 1 saturated heterocycles. The normalized spacial score (nSPS) is 18.8. The van der Waals surface area contributed by atoms with E-state index in [1.807, 2.05) is 34.9 Å². The van der Waals surface area contributed by atoms with E-state index in [4.69, 9.17) is 9.47 Å². The minimum absolute atomic E-state index is 0.0904. The highest BCUT2D eigenvalue weighted by Gasteiger charge is 2.42. The molecule has 1 aliphatic heterocycles. The average molecular weight is 403 g/mol. The van der Waals surface area contributed by atoms with Crippen LogP contribution in [0.1, 0.15) is 58.4 Å². The van der Waals surface area contributed by atoms with Crippen LogP contribution in [0.2, 0.25) is 0 Å². The maximum absolute atomic E-state index is 13.2. The third-order valence-corrected chi connectivity index (χ3v) is 5.44. The Hall–Kier alpha value is -2.24. The van der Waals surface area contributed by atoms with Crippen molar-refractivity contribution in [2.45, 2.75) is 65.5 Å². The molecule has 0 unspecified atom stereocenters. The lowest BCUT2D eigenvalue weighted by molar-refractivity contribution is -0.136. The standard InChI is InChI=1S/C23H34N2O4/c1-4-11-24(23(27)18-14-22(26)25(16-18)19-8-9-19)15-17-7-10-20(29-12-5-2)21(13-17)28-6-3/h7,10,13,18-19H,4-6,8-9,11-12,14-16H2,1-3H3/t18-/m1/s1. The van der Waals surface area contributed by atoms with Gasteiger partial charge in [-0.3, -0.25) is 9.59 Å². The maximum Gasteiger partial charge on any atom is 0.228 e. The van der Waals surface area contributed by atoms with Gasteiger partial charge in [0, 0.05) is 32.1 Å². The van der Waals surface area contributed by atoms with Gasteiger partial charge in [-0.1, -0.05) is 19.9 Å². The summed E-state index contributed by atoms with van der Waals surface area (Å²) in [6.45, 7) is 9.09. The Balaban J connectivity index is 1.70. The summed E-state index contributed by atoms with van der Waals surface area (Å²) in [5.41, 5.74) is 1.02. The molecule has 2 fully saturated rings. The maximum atomic E-state index is 13.2. The second kappa shape index (κ2) is 9.99. The second-order valence-electron chi connectivity index (χ2n) is 8.00. The molecule has 1 saturated carbocycles. The minimum atomic E-state index is -0.215. The Bertz CT molecular complexity index is 717. The first-order valence-electron chi connectivity index (χ1n) is 11.0. The van der Waals surface area contributed by atoms with Gasteiger partial charge in [-0.15, -0.1) is 0 Å².